The van der Waals surface area contributed by atoms with E-state index in [4.69, 9.17) is 0 Å². The van der Waals surface area contributed by atoms with Gasteiger partial charge in [-0.2, -0.15) is 13.2 Å². The van der Waals surface area contributed by atoms with Crippen LogP contribution in [0.4, 0.5) is 13.2 Å². The highest BCUT2D eigenvalue weighted by atomic mass is 19.4. The molecule has 0 radical (unpaired) electrons. The van der Waals surface area contributed by atoms with Gasteiger partial charge < -0.3 is 5.32 Å². The van der Waals surface area contributed by atoms with Gasteiger partial charge in [-0.3, -0.25) is 4.79 Å². The molecule has 94 valence electrons. The maximum absolute atomic E-state index is 12.6. The first-order chi connectivity index (χ1) is 7.75. The van der Waals surface area contributed by atoms with Crippen LogP contribution >= 0.6 is 0 Å². The van der Waals surface area contributed by atoms with Crippen LogP contribution in [0.2, 0.25) is 0 Å². The molecule has 0 aliphatic heterocycles. The van der Waals surface area contributed by atoms with Crippen molar-refractivity contribution >= 4 is 5.91 Å². The third-order valence-corrected chi connectivity index (χ3v) is 2.26. The van der Waals surface area contributed by atoms with Crippen LogP contribution < -0.4 is 5.32 Å². The summed E-state index contributed by atoms with van der Waals surface area (Å²) in [5.41, 5.74) is -0.820. The molecule has 1 heterocycles. The fraction of sp³-hybridized carbons (Fsp3) is 0.455. The maximum atomic E-state index is 12.6. The van der Waals surface area contributed by atoms with E-state index in [1.165, 1.54) is 13.1 Å². The van der Waals surface area contributed by atoms with Gasteiger partial charge in [0.25, 0.3) is 5.91 Å². The van der Waals surface area contributed by atoms with Crippen LogP contribution in [0.5, 0.6) is 0 Å². The summed E-state index contributed by atoms with van der Waals surface area (Å²) in [5, 5.41) is 2.26. The van der Waals surface area contributed by atoms with Crippen molar-refractivity contribution in [2.45, 2.75) is 25.9 Å². The SMILES string of the molecule is CNC(=O)c1cc(C(C)C)cc(C(F)(F)F)n1. The Hall–Kier alpha value is -1.59. The molecule has 1 amide bonds. The van der Waals surface area contributed by atoms with E-state index in [2.05, 4.69) is 10.3 Å². The number of halogens is 3. The van der Waals surface area contributed by atoms with Gasteiger partial charge in [0, 0.05) is 7.05 Å². The lowest BCUT2D eigenvalue weighted by atomic mass is 10.0. The van der Waals surface area contributed by atoms with E-state index in [1.54, 1.807) is 13.8 Å². The fourth-order valence-electron chi connectivity index (χ4n) is 1.27. The molecule has 1 rings (SSSR count). The number of nitrogens with zero attached hydrogens (tertiary/aromatic N) is 1. The summed E-state index contributed by atoms with van der Waals surface area (Å²) >= 11 is 0. The lowest BCUT2D eigenvalue weighted by Crippen LogP contribution is -2.21. The molecule has 6 heteroatoms. The van der Waals surface area contributed by atoms with Crippen LogP contribution in [-0.2, 0) is 6.18 Å². The van der Waals surface area contributed by atoms with E-state index >= 15 is 0 Å². The minimum absolute atomic E-state index is 0.109. The molecule has 1 aromatic heterocycles. The zero-order chi connectivity index (χ0) is 13.2. The van der Waals surface area contributed by atoms with Crippen molar-refractivity contribution in [2.75, 3.05) is 7.05 Å². The second kappa shape index (κ2) is 4.73. The van der Waals surface area contributed by atoms with Crippen molar-refractivity contribution in [2.24, 2.45) is 0 Å². The molecule has 0 aliphatic carbocycles. The first-order valence-electron chi connectivity index (χ1n) is 5.07. The Balaban J connectivity index is 3.34. The average molecular weight is 246 g/mol. The molecule has 1 N–H and O–H groups in total. The first-order valence-corrected chi connectivity index (χ1v) is 5.07. The number of amides is 1. The molecular formula is C11H13F3N2O. The van der Waals surface area contributed by atoms with Gasteiger partial charge in [-0.05, 0) is 23.6 Å². The van der Waals surface area contributed by atoms with Gasteiger partial charge >= 0.3 is 6.18 Å². The van der Waals surface area contributed by atoms with Gasteiger partial charge in [0.2, 0.25) is 0 Å². The van der Waals surface area contributed by atoms with Crippen molar-refractivity contribution in [3.8, 4) is 0 Å². The molecular weight excluding hydrogens is 233 g/mol. The lowest BCUT2D eigenvalue weighted by molar-refractivity contribution is -0.141. The number of hydrogen-bond acceptors (Lipinski definition) is 2. The van der Waals surface area contributed by atoms with Gasteiger partial charge in [0.1, 0.15) is 11.4 Å². The standard InChI is InChI=1S/C11H13F3N2O/c1-6(2)7-4-8(10(17)15-3)16-9(5-7)11(12,13)14/h4-6H,1-3H3,(H,15,17). The molecule has 0 aliphatic rings. The zero-order valence-electron chi connectivity index (χ0n) is 9.72. The van der Waals surface area contributed by atoms with Crippen molar-refractivity contribution in [3.63, 3.8) is 0 Å². The van der Waals surface area contributed by atoms with Crippen LogP contribution in [0.3, 0.4) is 0 Å². The van der Waals surface area contributed by atoms with Crippen molar-refractivity contribution < 1.29 is 18.0 Å². The molecule has 0 bridgehead atoms. The van der Waals surface area contributed by atoms with Crippen LogP contribution in [0.25, 0.3) is 0 Å². The summed E-state index contributed by atoms with van der Waals surface area (Å²) < 4.78 is 37.8. The Morgan fingerprint density at radius 3 is 2.35 bits per heavy atom. The highest BCUT2D eigenvalue weighted by Gasteiger charge is 2.33. The third-order valence-electron chi connectivity index (χ3n) is 2.26. The second-order valence-corrected chi connectivity index (χ2v) is 3.90. The highest BCUT2D eigenvalue weighted by Crippen LogP contribution is 2.30. The molecule has 0 saturated carbocycles. The Bertz CT molecular complexity index is 427. The summed E-state index contributed by atoms with van der Waals surface area (Å²) in [7, 11) is 1.35. The van der Waals surface area contributed by atoms with Gasteiger partial charge in [-0.1, -0.05) is 13.8 Å². The number of rotatable bonds is 2. The number of aromatic nitrogens is 1. The monoisotopic (exact) mass is 246 g/mol. The van der Waals surface area contributed by atoms with E-state index in [-0.39, 0.29) is 11.6 Å². The van der Waals surface area contributed by atoms with Crippen LogP contribution in [0, 0.1) is 0 Å². The highest BCUT2D eigenvalue weighted by molar-refractivity contribution is 5.92. The molecule has 17 heavy (non-hydrogen) atoms. The van der Waals surface area contributed by atoms with Gasteiger partial charge in [-0.15, -0.1) is 0 Å². The maximum Gasteiger partial charge on any atom is 0.433 e. The van der Waals surface area contributed by atoms with Crippen molar-refractivity contribution in [1.82, 2.24) is 10.3 Å². The summed E-state index contributed by atoms with van der Waals surface area (Å²) in [5.74, 6) is -0.736. The van der Waals surface area contributed by atoms with Gasteiger partial charge in [0.15, 0.2) is 0 Å². The van der Waals surface area contributed by atoms with Gasteiger partial charge in [0.05, 0.1) is 0 Å². The van der Waals surface area contributed by atoms with E-state index in [1.807, 2.05) is 0 Å². The summed E-state index contributed by atoms with van der Waals surface area (Å²) in [6, 6.07) is 2.34. The van der Waals surface area contributed by atoms with Crippen LogP contribution in [0.15, 0.2) is 12.1 Å². The van der Waals surface area contributed by atoms with Crippen molar-refractivity contribution in [1.29, 1.82) is 0 Å². The third kappa shape index (κ3) is 3.18. The lowest BCUT2D eigenvalue weighted by Gasteiger charge is -2.12. The van der Waals surface area contributed by atoms with E-state index in [9.17, 15) is 18.0 Å². The summed E-state index contributed by atoms with van der Waals surface area (Å²) in [6.45, 7) is 3.51. The van der Waals surface area contributed by atoms with E-state index in [0.717, 1.165) is 6.07 Å². The smallest absolute Gasteiger partial charge is 0.354 e. The number of alkyl halides is 3. The average Bonchev–Trinajstić information content (AvgIpc) is 2.26. The zero-order valence-corrected chi connectivity index (χ0v) is 9.72. The molecule has 0 aromatic carbocycles. The quantitative estimate of drug-likeness (QED) is 0.871. The predicted octanol–water partition coefficient (Wildman–Crippen LogP) is 2.58. The predicted molar refractivity (Wildman–Crippen MR) is 56.7 cm³/mol. The molecule has 0 unspecified atom stereocenters. The fourth-order valence-corrected chi connectivity index (χ4v) is 1.27. The number of carbonyl (C=O) groups excluding carboxylic acids is 1. The molecule has 0 saturated heterocycles. The molecule has 0 atom stereocenters. The van der Waals surface area contributed by atoms with Gasteiger partial charge in [-0.25, -0.2) is 4.98 Å². The Labute approximate surface area is 97.0 Å². The first kappa shape index (κ1) is 13.5. The normalized spacial score (nSPS) is 11.7. The molecule has 3 nitrogen and oxygen atoms in total. The molecule has 0 fully saturated rings. The molecule has 1 aromatic rings. The van der Waals surface area contributed by atoms with Crippen molar-refractivity contribution in [3.05, 3.63) is 29.1 Å². The number of pyridine rings is 1. The number of carbonyl (C=O) groups is 1. The Morgan fingerprint density at radius 2 is 1.94 bits per heavy atom. The topological polar surface area (TPSA) is 42.0 Å². The van der Waals surface area contributed by atoms with E-state index < -0.39 is 17.8 Å². The van der Waals surface area contributed by atoms with E-state index in [0.29, 0.717) is 5.56 Å². The largest absolute Gasteiger partial charge is 0.433 e. The number of nitrogens with one attached hydrogen (secondary N) is 1. The number of hydrogen-bond donors (Lipinski definition) is 1. The summed E-state index contributed by atoms with van der Waals surface area (Å²) in [4.78, 5) is 14.6. The second-order valence-electron chi connectivity index (χ2n) is 3.90. The summed E-state index contributed by atoms with van der Waals surface area (Å²) in [6.07, 6.45) is -4.55. The minimum atomic E-state index is -4.55. The minimum Gasteiger partial charge on any atom is -0.354 e. The Morgan fingerprint density at radius 1 is 1.35 bits per heavy atom. The van der Waals surface area contributed by atoms with Crippen LogP contribution in [-0.4, -0.2) is 17.9 Å². The molecule has 0 spiro atoms. The Kier molecular flexibility index (Phi) is 3.75. The van der Waals surface area contributed by atoms with Crippen LogP contribution in [0.1, 0.15) is 41.5 Å².